The highest BCUT2D eigenvalue weighted by molar-refractivity contribution is 5.72. The van der Waals surface area contributed by atoms with Gasteiger partial charge >= 0.3 is 6.18 Å². The van der Waals surface area contributed by atoms with E-state index in [1.165, 1.54) is 12.1 Å². The zero-order valence-electron chi connectivity index (χ0n) is 12.6. The fourth-order valence-corrected chi connectivity index (χ4v) is 2.23. The molecule has 0 amide bonds. The maximum absolute atomic E-state index is 12.6. The summed E-state index contributed by atoms with van der Waals surface area (Å²) in [5.41, 5.74) is 1.87. The van der Waals surface area contributed by atoms with Gasteiger partial charge < -0.3 is 10.4 Å². The number of hydrogen-bond acceptors (Lipinski definition) is 3. The van der Waals surface area contributed by atoms with E-state index in [2.05, 4.69) is 10.4 Å². The van der Waals surface area contributed by atoms with Gasteiger partial charge in [0, 0.05) is 23.0 Å². The molecule has 0 saturated heterocycles. The van der Waals surface area contributed by atoms with Crippen molar-refractivity contribution in [1.82, 2.24) is 10.2 Å². The SMILES string of the molecule is Cc1ccc(Nc2ccc(-c3cc(C(F)(F)F)[nH]n3)c(O)c2)cc1. The summed E-state index contributed by atoms with van der Waals surface area (Å²) >= 11 is 0. The second-order valence-electron chi connectivity index (χ2n) is 5.39. The summed E-state index contributed by atoms with van der Waals surface area (Å²) in [7, 11) is 0. The number of hydrogen-bond donors (Lipinski definition) is 3. The highest BCUT2D eigenvalue weighted by atomic mass is 19.4. The van der Waals surface area contributed by atoms with Crippen LogP contribution in [0.2, 0.25) is 0 Å². The number of aryl methyl sites for hydroxylation is 1. The van der Waals surface area contributed by atoms with Gasteiger partial charge in [-0.3, -0.25) is 5.10 Å². The van der Waals surface area contributed by atoms with Crippen LogP contribution >= 0.6 is 0 Å². The van der Waals surface area contributed by atoms with Gasteiger partial charge in [0.25, 0.3) is 0 Å². The molecule has 0 aliphatic rings. The van der Waals surface area contributed by atoms with Crippen molar-refractivity contribution in [3.63, 3.8) is 0 Å². The molecule has 7 heteroatoms. The summed E-state index contributed by atoms with van der Waals surface area (Å²) in [6, 6.07) is 13.2. The summed E-state index contributed by atoms with van der Waals surface area (Å²) in [4.78, 5) is 0. The molecule has 0 atom stereocenters. The van der Waals surface area contributed by atoms with Crippen LogP contribution in [-0.2, 0) is 6.18 Å². The van der Waals surface area contributed by atoms with Crippen molar-refractivity contribution in [3.8, 4) is 17.0 Å². The van der Waals surface area contributed by atoms with Gasteiger partial charge in [0.05, 0.1) is 5.69 Å². The molecule has 1 heterocycles. The molecule has 124 valence electrons. The maximum atomic E-state index is 12.6. The van der Waals surface area contributed by atoms with Gasteiger partial charge in [0.2, 0.25) is 0 Å². The minimum atomic E-state index is -4.51. The van der Waals surface area contributed by atoms with Crippen molar-refractivity contribution < 1.29 is 18.3 Å². The van der Waals surface area contributed by atoms with Crippen LogP contribution in [-0.4, -0.2) is 15.3 Å². The highest BCUT2D eigenvalue weighted by Gasteiger charge is 2.33. The second kappa shape index (κ2) is 5.92. The molecule has 0 bridgehead atoms. The Balaban J connectivity index is 1.84. The van der Waals surface area contributed by atoms with Gasteiger partial charge in [-0.2, -0.15) is 18.3 Å². The van der Waals surface area contributed by atoms with Crippen LogP contribution in [0.15, 0.2) is 48.5 Å². The van der Waals surface area contributed by atoms with Crippen LogP contribution in [0.4, 0.5) is 24.5 Å². The third kappa shape index (κ3) is 3.34. The molecule has 1 aromatic heterocycles. The predicted octanol–water partition coefficient (Wildman–Crippen LogP) is 4.85. The normalized spacial score (nSPS) is 11.5. The number of aromatic hydroxyl groups is 1. The van der Waals surface area contributed by atoms with Crippen molar-refractivity contribution in [3.05, 3.63) is 59.8 Å². The van der Waals surface area contributed by atoms with Gasteiger partial charge in [-0.25, -0.2) is 0 Å². The molecule has 0 spiro atoms. The third-order valence-electron chi connectivity index (χ3n) is 3.50. The summed E-state index contributed by atoms with van der Waals surface area (Å²) < 4.78 is 37.8. The van der Waals surface area contributed by atoms with E-state index in [1.807, 2.05) is 36.3 Å². The number of benzene rings is 2. The van der Waals surface area contributed by atoms with E-state index in [0.29, 0.717) is 5.69 Å². The molecule has 24 heavy (non-hydrogen) atoms. The average Bonchev–Trinajstić information content (AvgIpc) is 2.99. The molecular formula is C17H14F3N3O. The molecule has 0 radical (unpaired) electrons. The quantitative estimate of drug-likeness (QED) is 0.642. The Hall–Kier alpha value is -2.96. The molecule has 3 N–H and O–H groups in total. The average molecular weight is 333 g/mol. The minimum absolute atomic E-state index is 0.0294. The first-order chi connectivity index (χ1) is 11.3. The van der Waals surface area contributed by atoms with Gasteiger partial charge in [0.15, 0.2) is 0 Å². The van der Waals surface area contributed by atoms with E-state index in [9.17, 15) is 18.3 Å². The number of phenolic OH excluding ortho intramolecular Hbond substituents is 1. The van der Waals surface area contributed by atoms with E-state index in [-0.39, 0.29) is 17.0 Å². The lowest BCUT2D eigenvalue weighted by molar-refractivity contribution is -0.141. The van der Waals surface area contributed by atoms with Crippen molar-refractivity contribution in [2.45, 2.75) is 13.1 Å². The molecule has 3 aromatic rings. The first-order valence-corrected chi connectivity index (χ1v) is 7.12. The number of H-pyrrole nitrogens is 1. The Morgan fingerprint density at radius 3 is 2.25 bits per heavy atom. The smallest absolute Gasteiger partial charge is 0.432 e. The van der Waals surface area contributed by atoms with Crippen LogP contribution in [0.3, 0.4) is 0 Å². The number of phenols is 1. The number of nitrogens with one attached hydrogen (secondary N) is 2. The van der Waals surface area contributed by atoms with Gasteiger partial charge in [-0.1, -0.05) is 17.7 Å². The van der Waals surface area contributed by atoms with Crippen molar-refractivity contribution in [1.29, 1.82) is 0 Å². The fraction of sp³-hybridized carbons (Fsp3) is 0.118. The first-order valence-electron chi connectivity index (χ1n) is 7.12. The lowest BCUT2D eigenvalue weighted by Crippen LogP contribution is -2.04. The number of nitrogens with zero attached hydrogens (tertiary/aromatic N) is 1. The molecule has 0 saturated carbocycles. The number of aromatic nitrogens is 2. The van der Waals surface area contributed by atoms with Crippen LogP contribution in [0.1, 0.15) is 11.3 Å². The predicted molar refractivity (Wildman–Crippen MR) is 85.2 cm³/mol. The Labute approximate surface area is 136 Å². The molecule has 0 unspecified atom stereocenters. The Bertz CT molecular complexity index is 854. The van der Waals surface area contributed by atoms with Gasteiger partial charge in [0.1, 0.15) is 11.4 Å². The number of aromatic amines is 1. The van der Waals surface area contributed by atoms with Crippen molar-refractivity contribution >= 4 is 11.4 Å². The topological polar surface area (TPSA) is 60.9 Å². The van der Waals surface area contributed by atoms with E-state index < -0.39 is 11.9 Å². The number of rotatable bonds is 3. The van der Waals surface area contributed by atoms with E-state index >= 15 is 0 Å². The Kier molecular flexibility index (Phi) is 3.92. The van der Waals surface area contributed by atoms with Crippen molar-refractivity contribution in [2.24, 2.45) is 0 Å². The van der Waals surface area contributed by atoms with Gasteiger partial charge in [-0.05, 0) is 37.3 Å². The first kappa shape index (κ1) is 15.9. The number of alkyl halides is 3. The maximum Gasteiger partial charge on any atom is 0.432 e. The highest BCUT2D eigenvalue weighted by Crippen LogP contribution is 2.35. The van der Waals surface area contributed by atoms with E-state index in [4.69, 9.17) is 0 Å². The summed E-state index contributed by atoms with van der Waals surface area (Å²) in [6.45, 7) is 1.98. The number of anilines is 2. The molecule has 4 nitrogen and oxygen atoms in total. The van der Waals surface area contributed by atoms with Gasteiger partial charge in [-0.15, -0.1) is 0 Å². The lowest BCUT2D eigenvalue weighted by Gasteiger charge is -2.09. The molecule has 3 rings (SSSR count). The fourth-order valence-electron chi connectivity index (χ4n) is 2.23. The Morgan fingerprint density at radius 1 is 1.00 bits per heavy atom. The van der Waals surface area contributed by atoms with Crippen LogP contribution in [0.25, 0.3) is 11.3 Å². The summed E-state index contributed by atoms with van der Waals surface area (Å²) in [5, 5.41) is 18.8. The lowest BCUT2D eigenvalue weighted by atomic mass is 10.1. The standard InChI is InChI=1S/C17H14F3N3O/c1-10-2-4-11(5-3-10)21-12-6-7-13(15(24)8-12)14-9-16(23-22-14)17(18,19)20/h2-9,21,24H,1H3,(H,22,23). The molecule has 0 fully saturated rings. The second-order valence-corrected chi connectivity index (χ2v) is 5.39. The van der Waals surface area contributed by atoms with Crippen LogP contribution in [0, 0.1) is 6.92 Å². The van der Waals surface area contributed by atoms with Crippen LogP contribution < -0.4 is 5.32 Å². The summed E-state index contributed by atoms with van der Waals surface area (Å²) in [6.07, 6.45) is -4.51. The Morgan fingerprint density at radius 2 is 1.67 bits per heavy atom. The summed E-state index contributed by atoms with van der Waals surface area (Å²) in [5.74, 6) is -0.160. The van der Waals surface area contributed by atoms with Crippen LogP contribution in [0.5, 0.6) is 5.75 Å². The monoisotopic (exact) mass is 333 g/mol. The third-order valence-corrected chi connectivity index (χ3v) is 3.50. The number of halogens is 3. The van der Waals surface area contributed by atoms with Crippen molar-refractivity contribution in [2.75, 3.05) is 5.32 Å². The molecular weight excluding hydrogens is 319 g/mol. The zero-order chi connectivity index (χ0) is 17.3. The largest absolute Gasteiger partial charge is 0.507 e. The zero-order valence-corrected chi connectivity index (χ0v) is 12.6. The van der Waals surface area contributed by atoms with E-state index in [1.54, 1.807) is 6.07 Å². The van der Waals surface area contributed by atoms with E-state index in [0.717, 1.165) is 17.3 Å². The minimum Gasteiger partial charge on any atom is -0.507 e. The molecule has 2 aromatic carbocycles. The molecule has 0 aliphatic heterocycles. The molecule has 0 aliphatic carbocycles.